The predicted octanol–water partition coefficient (Wildman–Crippen LogP) is 2.58. The van der Waals surface area contributed by atoms with Crippen molar-refractivity contribution in [3.05, 3.63) is 70.8 Å². The summed E-state index contributed by atoms with van der Waals surface area (Å²) in [6, 6.07) is 15.8. The number of benzene rings is 2. The van der Waals surface area contributed by atoms with Crippen molar-refractivity contribution in [3.63, 3.8) is 0 Å². The van der Waals surface area contributed by atoms with Crippen LogP contribution in [0.15, 0.2) is 48.5 Å². The van der Waals surface area contributed by atoms with Gasteiger partial charge in [-0.25, -0.2) is 0 Å². The van der Waals surface area contributed by atoms with Gasteiger partial charge in [-0.2, -0.15) is 0 Å². The Morgan fingerprint density at radius 1 is 1.08 bits per heavy atom. The van der Waals surface area contributed by atoms with Crippen LogP contribution in [0.4, 0.5) is 0 Å². The zero-order chi connectivity index (χ0) is 16.7. The summed E-state index contributed by atoms with van der Waals surface area (Å²) in [5.41, 5.74) is 4.10. The van der Waals surface area contributed by atoms with Crippen LogP contribution in [0.25, 0.3) is 0 Å². The molecule has 2 heterocycles. The molecular weight excluding hydrogens is 300 g/mol. The van der Waals surface area contributed by atoms with Gasteiger partial charge in [-0.05, 0) is 36.1 Å². The van der Waals surface area contributed by atoms with E-state index in [-0.39, 0.29) is 24.4 Å². The normalized spacial score (nSPS) is 19.7. The van der Waals surface area contributed by atoms with Crippen LogP contribution in [0, 0.1) is 6.92 Å². The van der Waals surface area contributed by atoms with Crippen LogP contribution in [0.2, 0.25) is 0 Å². The minimum absolute atomic E-state index is 0.0239. The molecule has 0 aliphatic carbocycles. The molecule has 4 nitrogen and oxygen atoms in total. The molecule has 1 saturated heterocycles. The van der Waals surface area contributed by atoms with E-state index < -0.39 is 0 Å². The highest BCUT2D eigenvalue weighted by Crippen LogP contribution is 2.33. The fourth-order valence-electron chi connectivity index (χ4n) is 3.81. The van der Waals surface area contributed by atoms with Crippen molar-refractivity contribution in [1.82, 2.24) is 9.80 Å². The number of carbonyl (C=O) groups is 2. The van der Waals surface area contributed by atoms with E-state index in [1.54, 1.807) is 4.90 Å². The Morgan fingerprint density at radius 3 is 2.67 bits per heavy atom. The first-order chi connectivity index (χ1) is 11.6. The maximum Gasteiger partial charge on any atom is 0.254 e. The van der Waals surface area contributed by atoms with Crippen LogP contribution < -0.4 is 0 Å². The molecule has 2 aliphatic rings. The van der Waals surface area contributed by atoms with Crippen LogP contribution in [0.1, 0.15) is 33.1 Å². The van der Waals surface area contributed by atoms with Gasteiger partial charge in [-0.3, -0.25) is 9.59 Å². The van der Waals surface area contributed by atoms with Gasteiger partial charge in [0, 0.05) is 18.7 Å². The molecule has 24 heavy (non-hydrogen) atoms. The Kier molecular flexibility index (Phi) is 3.60. The summed E-state index contributed by atoms with van der Waals surface area (Å²) in [7, 11) is 0. The summed E-state index contributed by atoms with van der Waals surface area (Å²) < 4.78 is 0. The number of fused-ring (bicyclic) bond motifs is 3. The molecule has 2 aromatic rings. The highest BCUT2D eigenvalue weighted by molar-refractivity contribution is 5.98. The lowest BCUT2D eigenvalue weighted by Gasteiger charge is -2.44. The van der Waals surface area contributed by atoms with Gasteiger partial charge in [0.1, 0.15) is 6.54 Å². The van der Waals surface area contributed by atoms with Gasteiger partial charge in [0.2, 0.25) is 5.91 Å². The van der Waals surface area contributed by atoms with Crippen LogP contribution in [-0.2, 0) is 11.2 Å². The third-order valence-electron chi connectivity index (χ3n) is 5.11. The van der Waals surface area contributed by atoms with Crippen LogP contribution in [0.3, 0.4) is 0 Å². The van der Waals surface area contributed by atoms with E-state index in [9.17, 15) is 9.59 Å². The first kappa shape index (κ1) is 14.9. The van der Waals surface area contributed by atoms with E-state index in [2.05, 4.69) is 12.1 Å². The summed E-state index contributed by atoms with van der Waals surface area (Å²) in [5, 5.41) is 0. The summed E-state index contributed by atoms with van der Waals surface area (Å²) in [6.45, 7) is 3.41. The SMILES string of the molecule is Cc1ccccc1C(=O)N1CC(=O)N2CCc3ccccc3[C@H]2C1. The second-order valence-electron chi connectivity index (χ2n) is 6.55. The average molecular weight is 320 g/mol. The molecule has 4 heteroatoms. The van der Waals surface area contributed by atoms with E-state index in [0.717, 1.165) is 18.5 Å². The largest absolute Gasteiger partial charge is 0.332 e. The highest BCUT2D eigenvalue weighted by atomic mass is 16.2. The number of amides is 2. The first-order valence-corrected chi connectivity index (χ1v) is 8.37. The molecule has 0 radical (unpaired) electrons. The molecule has 1 atom stereocenters. The Bertz CT molecular complexity index is 815. The Balaban J connectivity index is 1.66. The number of aryl methyl sites for hydroxylation is 1. The zero-order valence-electron chi connectivity index (χ0n) is 13.7. The van der Waals surface area contributed by atoms with Crippen LogP contribution in [0.5, 0.6) is 0 Å². The molecule has 0 spiro atoms. The Morgan fingerprint density at radius 2 is 1.83 bits per heavy atom. The smallest absolute Gasteiger partial charge is 0.254 e. The van der Waals surface area contributed by atoms with Crippen molar-refractivity contribution >= 4 is 11.8 Å². The number of carbonyl (C=O) groups excluding carboxylic acids is 2. The van der Waals surface area contributed by atoms with Gasteiger partial charge in [-0.1, -0.05) is 42.5 Å². The topological polar surface area (TPSA) is 40.6 Å². The standard InChI is InChI=1S/C20H20N2O2/c1-14-6-2-4-8-16(14)20(24)21-12-18-17-9-5-3-7-15(17)10-11-22(18)19(23)13-21/h2-9,18H,10-13H2,1H3/t18-/m1/s1. The maximum atomic E-state index is 12.9. The van der Waals surface area contributed by atoms with Gasteiger partial charge in [0.05, 0.1) is 6.04 Å². The lowest BCUT2D eigenvalue weighted by molar-refractivity contribution is -0.139. The first-order valence-electron chi connectivity index (χ1n) is 8.37. The summed E-state index contributed by atoms with van der Waals surface area (Å²) >= 11 is 0. The average Bonchev–Trinajstić information content (AvgIpc) is 2.61. The molecule has 122 valence electrons. The Hall–Kier alpha value is -2.62. The third-order valence-corrected chi connectivity index (χ3v) is 5.11. The van der Waals surface area contributed by atoms with Crippen LogP contribution in [-0.4, -0.2) is 41.2 Å². The van der Waals surface area contributed by atoms with Gasteiger partial charge < -0.3 is 9.80 Å². The number of hydrogen-bond acceptors (Lipinski definition) is 2. The molecule has 4 rings (SSSR count). The van der Waals surface area contributed by atoms with Gasteiger partial charge in [0.25, 0.3) is 5.91 Å². The minimum Gasteiger partial charge on any atom is -0.332 e. The summed E-state index contributed by atoms with van der Waals surface area (Å²) in [4.78, 5) is 29.1. The van der Waals surface area contributed by atoms with Gasteiger partial charge in [-0.15, -0.1) is 0 Å². The lowest BCUT2D eigenvalue weighted by atomic mass is 9.90. The fraction of sp³-hybridized carbons (Fsp3) is 0.300. The van der Waals surface area contributed by atoms with E-state index in [1.807, 2.05) is 48.2 Å². The molecule has 0 bridgehead atoms. The molecular formula is C20H20N2O2. The van der Waals surface area contributed by atoms with Crippen molar-refractivity contribution in [1.29, 1.82) is 0 Å². The van der Waals surface area contributed by atoms with E-state index >= 15 is 0 Å². The molecule has 2 aliphatic heterocycles. The second kappa shape index (κ2) is 5.78. The van der Waals surface area contributed by atoms with E-state index in [0.29, 0.717) is 12.1 Å². The van der Waals surface area contributed by atoms with E-state index in [4.69, 9.17) is 0 Å². The quantitative estimate of drug-likeness (QED) is 0.810. The highest BCUT2D eigenvalue weighted by Gasteiger charge is 2.38. The number of rotatable bonds is 1. The lowest BCUT2D eigenvalue weighted by Crippen LogP contribution is -2.55. The van der Waals surface area contributed by atoms with Crippen molar-refractivity contribution in [2.24, 2.45) is 0 Å². The molecule has 2 aromatic carbocycles. The second-order valence-corrected chi connectivity index (χ2v) is 6.55. The van der Waals surface area contributed by atoms with Gasteiger partial charge in [0.15, 0.2) is 0 Å². The fourth-order valence-corrected chi connectivity index (χ4v) is 3.81. The molecule has 0 unspecified atom stereocenters. The van der Waals surface area contributed by atoms with Crippen LogP contribution >= 0.6 is 0 Å². The predicted molar refractivity (Wildman–Crippen MR) is 91.7 cm³/mol. The molecule has 0 aromatic heterocycles. The molecule has 1 fully saturated rings. The zero-order valence-corrected chi connectivity index (χ0v) is 13.7. The third kappa shape index (κ3) is 2.39. The Labute approximate surface area is 141 Å². The summed E-state index contributed by atoms with van der Waals surface area (Å²) in [6.07, 6.45) is 0.893. The van der Waals surface area contributed by atoms with Gasteiger partial charge >= 0.3 is 0 Å². The number of piperazine rings is 1. The van der Waals surface area contributed by atoms with Crippen molar-refractivity contribution in [3.8, 4) is 0 Å². The molecule has 0 saturated carbocycles. The maximum absolute atomic E-state index is 12.9. The number of nitrogens with zero attached hydrogens (tertiary/aromatic N) is 2. The minimum atomic E-state index is -0.0517. The van der Waals surface area contributed by atoms with Crippen molar-refractivity contribution < 1.29 is 9.59 Å². The number of hydrogen-bond donors (Lipinski definition) is 0. The molecule has 2 amide bonds. The van der Waals surface area contributed by atoms with Crippen molar-refractivity contribution in [2.45, 2.75) is 19.4 Å². The molecule has 0 N–H and O–H groups in total. The summed E-state index contributed by atoms with van der Waals surface area (Å²) in [5.74, 6) is -0.00755. The van der Waals surface area contributed by atoms with E-state index in [1.165, 1.54) is 11.1 Å². The monoisotopic (exact) mass is 320 g/mol. The van der Waals surface area contributed by atoms with Crippen molar-refractivity contribution in [2.75, 3.05) is 19.6 Å².